The standard InChI is InChI=1S/C17H25NS/c1-17(2)9-10-19-12-16(17)18-15-8-7-13-5-3-4-6-14(13)11-15/h3-6,15-16,18H,7-12H2,1-2H3. The van der Waals surface area contributed by atoms with Crippen molar-refractivity contribution in [2.24, 2.45) is 5.41 Å². The van der Waals surface area contributed by atoms with Crippen molar-refractivity contribution in [3.63, 3.8) is 0 Å². The van der Waals surface area contributed by atoms with Crippen molar-refractivity contribution < 1.29 is 0 Å². The molecule has 2 aliphatic rings. The van der Waals surface area contributed by atoms with Gasteiger partial charge in [-0.3, -0.25) is 0 Å². The molecule has 0 bridgehead atoms. The van der Waals surface area contributed by atoms with Gasteiger partial charge in [0.1, 0.15) is 0 Å². The molecule has 0 aromatic heterocycles. The predicted molar refractivity (Wildman–Crippen MR) is 84.9 cm³/mol. The van der Waals surface area contributed by atoms with Crippen molar-refractivity contribution >= 4 is 11.8 Å². The van der Waals surface area contributed by atoms with E-state index in [9.17, 15) is 0 Å². The van der Waals surface area contributed by atoms with Gasteiger partial charge in [-0.1, -0.05) is 38.1 Å². The van der Waals surface area contributed by atoms with Gasteiger partial charge in [0, 0.05) is 17.8 Å². The van der Waals surface area contributed by atoms with Gasteiger partial charge >= 0.3 is 0 Å². The number of hydrogen-bond donors (Lipinski definition) is 1. The first-order chi connectivity index (χ1) is 9.15. The predicted octanol–water partition coefficient (Wildman–Crippen LogP) is 3.67. The lowest BCUT2D eigenvalue weighted by atomic mass is 9.80. The van der Waals surface area contributed by atoms with Crippen LogP contribution in [0, 0.1) is 5.41 Å². The molecule has 1 aliphatic carbocycles. The first-order valence-corrected chi connectivity index (χ1v) is 8.71. The Bertz CT molecular complexity index is 441. The van der Waals surface area contributed by atoms with Gasteiger partial charge in [-0.15, -0.1) is 0 Å². The molecule has 0 amide bonds. The second kappa shape index (κ2) is 5.49. The Labute approximate surface area is 121 Å². The highest BCUT2D eigenvalue weighted by Crippen LogP contribution is 2.35. The van der Waals surface area contributed by atoms with E-state index in [0.29, 0.717) is 17.5 Å². The minimum absolute atomic E-state index is 0.461. The highest BCUT2D eigenvalue weighted by molar-refractivity contribution is 7.99. The maximum atomic E-state index is 3.97. The van der Waals surface area contributed by atoms with Gasteiger partial charge in [0.25, 0.3) is 0 Å². The molecular weight excluding hydrogens is 250 g/mol. The first kappa shape index (κ1) is 13.5. The number of rotatable bonds is 2. The van der Waals surface area contributed by atoms with Gasteiger partial charge in [0.15, 0.2) is 0 Å². The topological polar surface area (TPSA) is 12.0 Å². The normalized spacial score (nSPS) is 29.8. The Morgan fingerprint density at radius 2 is 2.00 bits per heavy atom. The molecule has 104 valence electrons. The van der Waals surface area contributed by atoms with E-state index in [1.165, 1.54) is 37.2 Å². The summed E-state index contributed by atoms with van der Waals surface area (Å²) in [7, 11) is 0. The number of aryl methyl sites for hydroxylation is 1. The highest BCUT2D eigenvalue weighted by Gasteiger charge is 2.34. The number of thioether (sulfide) groups is 1. The molecule has 1 aromatic carbocycles. The summed E-state index contributed by atoms with van der Waals surface area (Å²) in [6, 6.07) is 10.3. The van der Waals surface area contributed by atoms with E-state index in [1.54, 1.807) is 11.1 Å². The van der Waals surface area contributed by atoms with Crippen molar-refractivity contribution in [1.29, 1.82) is 0 Å². The third kappa shape index (κ3) is 3.00. The summed E-state index contributed by atoms with van der Waals surface area (Å²) in [6.45, 7) is 4.86. The SMILES string of the molecule is CC1(C)CCSCC1NC1CCc2ccccc2C1. The van der Waals surface area contributed by atoms with Crippen LogP contribution in [0.15, 0.2) is 24.3 Å². The summed E-state index contributed by atoms with van der Waals surface area (Å²) in [6.07, 6.45) is 5.11. The van der Waals surface area contributed by atoms with Crippen molar-refractivity contribution in [3.05, 3.63) is 35.4 Å². The minimum Gasteiger partial charge on any atom is -0.310 e. The Morgan fingerprint density at radius 1 is 1.21 bits per heavy atom. The highest BCUT2D eigenvalue weighted by atomic mass is 32.2. The number of benzene rings is 1. The number of fused-ring (bicyclic) bond motifs is 1. The molecule has 1 saturated heterocycles. The average Bonchev–Trinajstić information content (AvgIpc) is 2.41. The summed E-state index contributed by atoms with van der Waals surface area (Å²) in [5.74, 6) is 2.61. The van der Waals surface area contributed by atoms with E-state index in [0.717, 1.165) is 0 Å². The third-order valence-corrected chi connectivity index (χ3v) is 5.96. The second-order valence-electron chi connectivity index (χ2n) is 6.74. The van der Waals surface area contributed by atoms with Crippen LogP contribution >= 0.6 is 11.8 Å². The molecule has 1 aromatic rings. The van der Waals surface area contributed by atoms with Gasteiger partial charge < -0.3 is 5.32 Å². The van der Waals surface area contributed by atoms with Crippen molar-refractivity contribution in [3.8, 4) is 0 Å². The summed E-state index contributed by atoms with van der Waals surface area (Å²) >= 11 is 2.12. The van der Waals surface area contributed by atoms with Crippen LogP contribution in [0.2, 0.25) is 0 Å². The molecule has 19 heavy (non-hydrogen) atoms. The molecule has 2 atom stereocenters. The Morgan fingerprint density at radius 3 is 2.79 bits per heavy atom. The van der Waals surface area contributed by atoms with E-state index in [1.807, 2.05) is 0 Å². The minimum atomic E-state index is 0.461. The van der Waals surface area contributed by atoms with Gasteiger partial charge in [-0.05, 0) is 48.0 Å². The molecule has 0 spiro atoms. The van der Waals surface area contributed by atoms with Crippen LogP contribution in [0.5, 0.6) is 0 Å². The van der Waals surface area contributed by atoms with E-state index in [4.69, 9.17) is 0 Å². The van der Waals surface area contributed by atoms with Crippen LogP contribution in [0.4, 0.5) is 0 Å². The summed E-state index contributed by atoms with van der Waals surface area (Å²) in [5.41, 5.74) is 3.59. The summed E-state index contributed by atoms with van der Waals surface area (Å²) in [5, 5.41) is 3.97. The largest absolute Gasteiger partial charge is 0.310 e. The van der Waals surface area contributed by atoms with Crippen LogP contribution in [0.25, 0.3) is 0 Å². The second-order valence-corrected chi connectivity index (χ2v) is 7.89. The molecule has 1 N–H and O–H groups in total. The fraction of sp³-hybridized carbons (Fsp3) is 0.647. The molecule has 0 saturated carbocycles. The fourth-order valence-corrected chi connectivity index (χ4v) is 4.95. The van der Waals surface area contributed by atoms with E-state index in [2.05, 4.69) is 55.2 Å². The van der Waals surface area contributed by atoms with Crippen LogP contribution in [-0.2, 0) is 12.8 Å². The molecule has 2 unspecified atom stereocenters. The van der Waals surface area contributed by atoms with Crippen molar-refractivity contribution in [1.82, 2.24) is 5.32 Å². The summed E-state index contributed by atoms with van der Waals surface area (Å²) in [4.78, 5) is 0. The molecule has 0 radical (unpaired) electrons. The van der Waals surface area contributed by atoms with Gasteiger partial charge in [0.2, 0.25) is 0 Å². The fourth-order valence-electron chi connectivity index (χ4n) is 3.33. The lowest BCUT2D eigenvalue weighted by molar-refractivity contribution is 0.221. The lowest BCUT2D eigenvalue weighted by Crippen LogP contribution is -2.51. The van der Waals surface area contributed by atoms with Crippen LogP contribution in [-0.4, -0.2) is 23.6 Å². The molecule has 1 nitrogen and oxygen atoms in total. The average molecular weight is 275 g/mol. The Kier molecular flexibility index (Phi) is 3.91. The van der Waals surface area contributed by atoms with Crippen molar-refractivity contribution in [2.75, 3.05) is 11.5 Å². The first-order valence-electron chi connectivity index (χ1n) is 7.56. The lowest BCUT2D eigenvalue weighted by Gasteiger charge is -2.41. The maximum absolute atomic E-state index is 3.97. The number of hydrogen-bond acceptors (Lipinski definition) is 2. The zero-order chi connectivity index (χ0) is 13.3. The van der Waals surface area contributed by atoms with E-state index < -0.39 is 0 Å². The third-order valence-electron chi connectivity index (χ3n) is 4.90. The quantitative estimate of drug-likeness (QED) is 0.884. The molecule has 1 heterocycles. The smallest absolute Gasteiger partial charge is 0.0212 e. The van der Waals surface area contributed by atoms with Crippen LogP contribution < -0.4 is 5.32 Å². The van der Waals surface area contributed by atoms with Gasteiger partial charge in [-0.25, -0.2) is 0 Å². The molecular formula is C17H25NS. The maximum Gasteiger partial charge on any atom is 0.0212 e. The van der Waals surface area contributed by atoms with Crippen molar-refractivity contribution in [2.45, 2.75) is 51.6 Å². The zero-order valence-electron chi connectivity index (χ0n) is 12.1. The molecule has 1 fully saturated rings. The summed E-state index contributed by atoms with van der Waals surface area (Å²) < 4.78 is 0. The Balaban J connectivity index is 1.65. The molecule has 1 aliphatic heterocycles. The molecule has 3 rings (SSSR count). The molecule has 2 heteroatoms. The van der Waals surface area contributed by atoms with Crippen LogP contribution in [0.3, 0.4) is 0 Å². The monoisotopic (exact) mass is 275 g/mol. The van der Waals surface area contributed by atoms with Crippen LogP contribution in [0.1, 0.15) is 37.8 Å². The zero-order valence-corrected chi connectivity index (χ0v) is 12.9. The van der Waals surface area contributed by atoms with E-state index >= 15 is 0 Å². The number of nitrogens with one attached hydrogen (secondary N) is 1. The van der Waals surface area contributed by atoms with Gasteiger partial charge in [0.05, 0.1) is 0 Å². The Hall–Kier alpha value is -0.470. The van der Waals surface area contributed by atoms with E-state index in [-0.39, 0.29) is 0 Å². The van der Waals surface area contributed by atoms with Gasteiger partial charge in [-0.2, -0.15) is 11.8 Å².